The molecule has 0 saturated carbocycles. The van der Waals surface area contributed by atoms with E-state index >= 15 is 0 Å². The topological polar surface area (TPSA) is 59.6 Å². The third kappa shape index (κ3) is 5.24. The van der Waals surface area contributed by atoms with Gasteiger partial charge in [0.1, 0.15) is 11.5 Å². The number of amides is 1. The molecule has 0 heterocycles. The second-order valence-electron chi connectivity index (χ2n) is 4.82. The lowest BCUT2D eigenvalue weighted by atomic mass is 10.2. The van der Waals surface area contributed by atoms with Crippen LogP contribution in [0.2, 0.25) is 0 Å². The average Bonchev–Trinajstić information content (AvgIpc) is 2.58. The van der Waals surface area contributed by atoms with Crippen molar-refractivity contribution in [1.82, 2.24) is 5.32 Å². The van der Waals surface area contributed by atoms with E-state index in [1.807, 2.05) is 38.1 Å². The first-order valence-corrected chi connectivity index (χ1v) is 8.11. The maximum atomic E-state index is 12.2. The van der Waals surface area contributed by atoms with Crippen LogP contribution in [0, 0.1) is 0 Å². The summed E-state index contributed by atoms with van der Waals surface area (Å²) in [7, 11) is 0. The average molecular weight is 344 g/mol. The van der Waals surface area contributed by atoms with Gasteiger partial charge in [-0.25, -0.2) is 0 Å². The molecule has 0 spiro atoms. The number of carbonyl (C=O) groups excluding carboxylic acids is 1. The zero-order chi connectivity index (χ0) is 17.4. The molecule has 24 heavy (non-hydrogen) atoms. The first-order valence-electron chi connectivity index (χ1n) is 7.70. The van der Waals surface area contributed by atoms with Crippen molar-refractivity contribution in [2.24, 2.45) is 0 Å². The van der Waals surface area contributed by atoms with Crippen LogP contribution in [0.3, 0.4) is 0 Å². The SMILES string of the molecule is CCOc1ccc(NC(=S)NC(=O)c2ccc(OCC)cc2)cc1. The fourth-order valence-corrected chi connectivity index (χ4v) is 2.22. The fourth-order valence-electron chi connectivity index (χ4n) is 2.01. The van der Waals surface area contributed by atoms with Gasteiger partial charge < -0.3 is 14.8 Å². The van der Waals surface area contributed by atoms with Crippen LogP contribution in [0.15, 0.2) is 48.5 Å². The zero-order valence-electron chi connectivity index (χ0n) is 13.7. The van der Waals surface area contributed by atoms with E-state index in [9.17, 15) is 4.79 Å². The molecule has 1 amide bonds. The highest BCUT2D eigenvalue weighted by Crippen LogP contribution is 2.16. The molecule has 0 aliphatic carbocycles. The molecule has 0 aliphatic heterocycles. The predicted octanol–water partition coefficient (Wildman–Crippen LogP) is 3.61. The Morgan fingerprint density at radius 3 is 1.92 bits per heavy atom. The summed E-state index contributed by atoms with van der Waals surface area (Å²) in [5.41, 5.74) is 1.28. The predicted molar refractivity (Wildman–Crippen MR) is 98.9 cm³/mol. The van der Waals surface area contributed by atoms with Crippen LogP contribution in [0.25, 0.3) is 0 Å². The van der Waals surface area contributed by atoms with Gasteiger partial charge in [0.15, 0.2) is 5.11 Å². The van der Waals surface area contributed by atoms with Gasteiger partial charge in [-0.2, -0.15) is 0 Å². The highest BCUT2D eigenvalue weighted by atomic mass is 32.1. The number of carbonyl (C=O) groups is 1. The van der Waals surface area contributed by atoms with E-state index in [2.05, 4.69) is 10.6 Å². The molecule has 6 heteroatoms. The van der Waals surface area contributed by atoms with Crippen LogP contribution < -0.4 is 20.1 Å². The molecule has 5 nitrogen and oxygen atoms in total. The summed E-state index contributed by atoms with van der Waals surface area (Å²) in [5, 5.41) is 5.84. The molecule has 2 rings (SSSR count). The molecule has 2 aromatic carbocycles. The number of hydrogen-bond donors (Lipinski definition) is 2. The first kappa shape index (κ1) is 17.7. The Morgan fingerprint density at radius 2 is 1.42 bits per heavy atom. The van der Waals surface area contributed by atoms with Crippen molar-refractivity contribution >= 4 is 28.9 Å². The van der Waals surface area contributed by atoms with E-state index in [4.69, 9.17) is 21.7 Å². The van der Waals surface area contributed by atoms with E-state index in [0.717, 1.165) is 17.2 Å². The van der Waals surface area contributed by atoms with Gasteiger partial charge in [0.05, 0.1) is 13.2 Å². The Morgan fingerprint density at radius 1 is 0.917 bits per heavy atom. The van der Waals surface area contributed by atoms with Crippen LogP contribution in [-0.4, -0.2) is 24.2 Å². The minimum Gasteiger partial charge on any atom is -0.494 e. The molecule has 0 aliphatic rings. The quantitative estimate of drug-likeness (QED) is 0.784. The van der Waals surface area contributed by atoms with Gasteiger partial charge >= 0.3 is 0 Å². The van der Waals surface area contributed by atoms with Gasteiger partial charge in [-0.15, -0.1) is 0 Å². The van der Waals surface area contributed by atoms with E-state index in [-0.39, 0.29) is 11.0 Å². The van der Waals surface area contributed by atoms with Crippen LogP contribution in [0.5, 0.6) is 11.5 Å². The van der Waals surface area contributed by atoms with E-state index in [1.165, 1.54) is 0 Å². The molecule has 0 saturated heterocycles. The van der Waals surface area contributed by atoms with Gasteiger partial charge in [-0.1, -0.05) is 0 Å². The molecule has 0 bridgehead atoms. The van der Waals surface area contributed by atoms with Gasteiger partial charge in [0.2, 0.25) is 0 Å². The Kier molecular flexibility index (Phi) is 6.57. The van der Waals surface area contributed by atoms with Crippen LogP contribution in [-0.2, 0) is 0 Å². The van der Waals surface area contributed by atoms with Crippen molar-refractivity contribution in [3.63, 3.8) is 0 Å². The second kappa shape index (κ2) is 8.88. The van der Waals surface area contributed by atoms with Crippen molar-refractivity contribution in [1.29, 1.82) is 0 Å². The van der Waals surface area contributed by atoms with Crippen molar-refractivity contribution in [3.05, 3.63) is 54.1 Å². The minimum absolute atomic E-state index is 0.234. The summed E-state index contributed by atoms with van der Waals surface area (Å²) < 4.78 is 10.7. The lowest BCUT2D eigenvalue weighted by molar-refractivity contribution is 0.0977. The molecule has 2 aromatic rings. The third-order valence-corrected chi connectivity index (χ3v) is 3.28. The number of thiocarbonyl (C=S) groups is 1. The summed E-state index contributed by atoms with van der Waals surface area (Å²) in [5.74, 6) is 1.23. The number of hydrogen-bond acceptors (Lipinski definition) is 4. The van der Waals surface area contributed by atoms with Crippen molar-refractivity contribution in [2.45, 2.75) is 13.8 Å². The van der Waals surface area contributed by atoms with Crippen molar-refractivity contribution in [2.75, 3.05) is 18.5 Å². The van der Waals surface area contributed by atoms with E-state index in [1.54, 1.807) is 24.3 Å². The third-order valence-electron chi connectivity index (χ3n) is 3.08. The maximum Gasteiger partial charge on any atom is 0.257 e. The second-order valence-corrected chi connectivity index (χ2v) is 5.23. The summed E-state index contributed by atoms with van der Waals surface area (Å²) in [6.07, 6.45) is 0. The van der Waals surface area contributed by atoms with Crippen LogP contribution in [0.4, 0.5) is 5.69 Å². The van der Waals surface area contributed by atoms with Gasteiger partial charge in [-0.3, -0.25) is 10.1 Å². The number of anilines is 1. The zero-order valence-corrected chi connectivity index (χ0v) is 14.5. The molecule has 0 fully saturated rings. The smallest absolute Gasteiger partial charge is 0.257 e. The highest BCUT2D eigenvalue weighted by molar-refractivity contribution is 7.80. The van der Waals surface area contributed by atoms with Crippen molar-refractivity contribution < 1.29 is 14.3 Å². The fraction of sp³-hybridized carbons (Fsp3) is 0.222. The molecular formula is C18H20N2O3S. The molecule has 0 atom stereocenters. The molecule has 2 N–H and O–H groups in total. The number of nitrogens with one attached hydrogen (secondary N) is 2. The van der Waals surface area contributed by atoms with E-state index in [0.29, 0.717) is 18.8 Å². The molecule has 0 unspecified atom stereocenters. The molecule has 0 radical (unpaired) electrons. The largest absolute Gasteiger partial charge is 0.494 e. The highest BCUT2D eigenvalue weighted by Gasteiger charge is 2.08. The number of rotatable bonds is 6. The Bertz CT molecular complexity index is 684. The summed E-state index contributed by atoms with van der Waals surface area (Å²) in [6.45, 7) is 5.04. The molecular weight excluding hydrogens is 324 g/mol. The molecule has 0 aromatic heterocycles. The summed E-state index contributed by atoms with van der Waals surface area (Å²) >= 11 is 5.16. The monoisotopic (exact) mass is 344 g/mol. The maximum absolute atomic E-state index is 12.2. The number of ether oxygens (including phenoxy) is 2. The lowest BCUT2D eigenvalue weighted by Gasteiger charge is -2.11. The Hall–Kier alpha value is -2.60. The van der Waals surface area contributed by atoms with Crippen LogP contribution >= 0.6 is 12.2 Å². The van der Waals surface area contributed by atoms with Crippen molar-refractivity contribution in [3.8, 4) is 11.5 Å². The van der Waals surface area contributed by atoms with Gasteiger partial charge in [0.25, 0.3) is 5.91 Å². The lowest BCUT2D eigenvalue weighted by Crippen LogP contribution is -2.34. The van der Waals surface area contributed by atoms with Crippen LogP contribution in [0.1, 0.15) is 24.2 Å². The standard InChI is InChI=1S/C18H20N2O3S/c1-3-22-15-9-5-13(6-10-15)17(21)20-18(24)19-14-7-11-16(12-8-14)23-4-2/h5-12H,3-4H2,1-2H3,(H2,19,20,21,24). The van der Waals surface area contributed by atoms with E-state index < -0.39 is 0 Å². The summed E-state index contributed by atoms with van der Waals surface area (Å²) in [6, 6.07) is 14.2. The molecule has 126 valence electrons. The minimum atomic E-state index is -0.276. The number of benzene rings is 2. The first-order chi connectivity index (χ1) is 11.6. The van der Waals surface area contributed by atoms with Gasteiger partial charge in [0, 0.05) is 11.3 Å². The summed E-state index contributed by atoms with van der Waals surface area (Å²) in [4.78, 5) is 12.2. The Labute approximate surface area is 147 Å². The van der Waals surface area contributed by atoms with Gasteiger partial charge in [-0.05, 0) is 74.6 Å². The normalized spacial score (nSPS) is 9.92. The Balaban J connectivity index is 1.90.